The number of aromatic nitrogens is 1. The highest BCUT2D eigenvalue weighted by Crippen LogP contribution is 2.22. The maximum absolute atomic E-state index is 12.2. The molecular weight excluding hydrogens is 242 g/mol. The smallest absolute Gasteiger partial charge is 0.231 e. The number of amides is 1. The largest absolute Gasteiger partial charge is 0.379 e. The Bertz CT molecular complexity index is 609. The third-order valence-electron chi connectivity index (χ3n) is 3.35. The lowest BCUT2D eigenvalue weighted by molar-refractivity contribution is -0.120. The molecule has 3 N–H and O–H groups in total. The SMILES string of the molecule is NC1COCC1C(=O)Nc1cccc2cccnc12. The number of anilines is 1. The Hall–Kier alpha value is -1.98. The lowest BCUT2D eigenvalue weighted by Crippen LogP contribution is -2.37. The standard InChI is InChI=1S/C14H15N3O2/c15-11-8-19-7-10(11)14(18)17-12-5-1-3-9-4-2-6-16-13(9)12/h1-6,10-11H,7-8,15H2,(H,17,18). The molecule has 2 aromatic rings. The van der Waals surface area contributed by atoms with Crippen LogP contribution in [-0.2, 0) is 9.53 Å². The summed E-state index contributed by atoms with van der Waals surface area (Å²) in [4.78, 5) is 16.5. The van der Waals surface area contributed by atoms with Gasteiger partial charge in [-0.05, 0) is 12.1 Å². The van der Waals surface area contributed by atoms with E-state index in [4.69, 9.17) is 10.5 Å². The first-order chi connectivity index (χ1) is 9.25. The lowest BCUT2D eigenvalue weighted by Gasteiger charge is -2.14. The molecule has 0 aliphatic carbocycles. The summed E-state index contributed by atoms with van der Waals surface area (Å²) < 4.78 is 5.21. The van der Waals surface area contributed by atoms with Crippen LogP contribution in [0.25, 0.3) is 10.9 Å². The molecule has 98 valence electrons. The number of nitrogens with zero attached hydrogens (tertiary/aromatic N) is 1. The molecule has 3 rings (SSSR count). The molecule has 1 aromatic heterocycles. The number of nitrogens with one attached hydrogen (secondary N) is 1. The van der Waals surface area contributed by atoms with Gasteiger partial charge in [0.05, 0.1) is 30.3 Å². The third kappa shape index (κ3) is 2.30. The second-order valence-electron chi connectivity index (χ2n) is 4.68. The van der Waals surface area contributed by atoms with E-state index < -0.39 is 0 Å². The molecule has 1 aromatic carbocycles. The molecule has 1 aliphatic heterocycles. The highest BCUT2D eigenvalue weighted by Gasteiger charge is 2.31. The number of benzene rings is 1. The summed E-state index contributed by atoms with van der Waals surface area (Å²) in [5, 5.41) is 3.89. The van der Waals surface area contributed by atoms with E-state index >= 15 is 0 Å². The molecule has 2 unspecified atom stereocenters. The van der Waals surface area contributed by atoms with Crippen molar-refractivity contribution < 1.29 is 9.53 Å². The molecule has 1 saturated heterocycles. The van der Waals surface area contributed by atoms with Crippen molar-refractivity contribution in [1.29, 1.82) is 0 Å². The van der Waals surface area contributed by atoms with Crippen LogP contribution >= 0.6 is 0 Å². The highest BCUT2D eigenvalue weighted by atomic mass is 16.5. The van der Waals surface area contributed by atoms with Crippen molar-refractivity contribution in [3.63, 3.8) is 0 Å². The number of rotatable bonds is 2. The van der Waals surface area contributed by atoms with Crippen molar-refractivity contribution in [1.82, 2.24) is 4.98 Å². The van der Waals surface area contributed by atoms with E-state index in [1.54, 1.807) is 6.20 Å². The Balaban J connectivity index is 1.87. The molecule has 5 heteroatoms. The predicted molar refractivity (Wildman–Crippen MR) is 72.7 cm³/mol. The number of carbonyl (C=O) groups is 1. The second-order valence-corrected chi connectivity index (χ2v) is 4.68. The minimum absolute atomic E-state index is 0.108. The Labute approximate surface area is 110 Å². The number of ether oxygens (including phenoxy) is 1. The maximum Gasteiger partial charge on any atom is 0.231 e. The van der Waals surface area contributed by atoms with Gasteiger partial charge in [-0.2, -0.15) is 0 Å². The van der Waals surface area contributed by atoms with Crippen LogP contribution in [0.1, 0.15) is 0 Å². The molecule has 1 aliphatic rings. The van der Waals surface area contributed by atoms with Crippen molar-refractivity contribution in [2.75, 3.05) is 18.5 Å². The van der Waals surface area contributed by atoms with Crippen LogP contribution in [0, 0.1) is 5.92 Å². The Morgan fingerprint density at radius 3 is 2.95 bits per heavy atom. The van der Waals surface area contributed by atoms with Gasteiger partial charge in [0.1, 0.15) is 0 Å². The summed E-state index contributed by atoms with van der Waals surface area (Å²) in [5.41, 5.74) is 7.34. The summed E-state index contributed by atoms with van der Waals surface area (Å²) in [6.45, 7) is 0.817. The van der Waals surface area contributed by atoms with Crippen molar-refractivity contribution in [3.05, 3.63) is 36.5 Å². The molecule has 5 nitrogen and oxygen atoms in total. The lowest BCUT2D eigenvalue weighted by atomic mass is 10.0. The summed E-state index contributed by atoms with van der Waals surface area (Å²) in [6, 6.07) is 9.29. The van der Waals surface area contributed by atoms with Gasteiger partial charge in [0.2, 0.25) is 5.91 Å². The van der Waals surface area contributed by atoms with E-state index in [2.05, 4.69) is 10.3 Å². The zero-order valence-electron chi connectivity index (χ0n) is 10.4. The predicted octanol–water partition coefficient (Wildman–Crippen LogP) is 1.15. The number of hydrogen-bond donors (Lipinski definition) is 2. The van der Waals surface area contributed by atoms with Crippen molar-refractivity contribution in [2.45, 2.75) is 6.04 Å². The number of fused-ring (bicyclic) bond motifs is 1. The van der Waals surface area contributed by atoms with Crippen LogP contribution in [0.2, 0.25) is 0 Å². The number of pyridine rings is 1. The molecular formula is C14H15N3O2. The van der Waals surface area contributed by atoms with Gasteiger partial charge in [0, 0.05) is 17.6 Å². The van der Waals surface area contributed by atoms with Gasteiger partial charge in [-0.3, -0.25) is 9.78 Å². The first-order valence-electron chi connectivity index (χ1n) is 6.23. The van der Waals surface area contributed by atoms with E-state index in [1.807, 2.05) is 30.3 Å². The highest BCUT2D eigenvalue weighted by molar-refractivity contribution is 6.01. The van der Waals surface area contributed by atoms with Gasteiger partial charge in [-0.1, -0.05) is 18.2 Å². The molecule has 0 bridgehead atoms. The first-order valence-corrected chi connectivity index (χ1v) is 6.23. The van der Waals surface area contributed by atoms with Gasteiger partial charge in [-0.25, -0.2) is 0 Å². The maximum atomic E-state index is 12.2. The van der Waals surface area contributed by atoms with Gasteiger partial charge < -0.3 is 15.8 Å². The molecule has 1 amide bonds. The van der Waals surface area contributed by atoms with Crippen LogP contribution in [0.15, 0.2) is 36.5 Å². The monoisotopic (exact) mass is 257 g/mol. The molecule has 0 radical (unpaired) electrons. The third-order valence-corrected chi connectivity index (χ3v) is 3.35. The fourth-order valence-electron chi connectivity index (χ4n) is 2.27. The Morgan fingerprint density at radius 1 is 1.32 bits per heavy atom. The van der Waals surface area contributed by atoms with Crippen LogP contribution in [0.4, 0.5) is 5.69 Å². The summed E-state index contributed by atoms with van der Waals surface area (Å²) in [6.07, 6.45) is 1.71. The first kappa shape index (κ1) is 12.1. The van der Waals surface area contributed by atoms with Gasteiger partial charge in [-0.15, -0.1) is 0 Å². The number of nitrogens with two attached hydrogens (primary N) is 1. The summed E-state index contributed by atoms with van der Waals surface area (Å²) >= 11 is 0. The fourth-order valence-corrected chi connectivity index (χ4v) is 2.27. The molecule has 0 saturated carbocycles. The van der Waals surface area contributed by atoms with Crippen molar-refractivity contribution >= 4 is 22.5 Å². The van der Waals surface area contributed by atoms with E-state index in [-0.39, 0.29) is 17.9 Å². The second kappa shape index (κ2) is 4.95. The topological polar surface area (TPSA) is 77.2 Å². The van der Waals surface area contributed by atoms with Gasteiger partial charge in [0.25, 0.3) is 0 Å². The molecule has 2 heterocycles. The molecule has 19 heavy (non-hydrogen) atoms. The normalized spacial score (nSPS) is 22.6. The number of para-hydroxylation sites is 1. The molecule has 1 fully saturated rings. The van der Waals surface area contributed by atoms with Crippen LogP contribution in [-0.4, -0.2) is 30.1 Å². The fraction of sp³-hybridized carbons (Fsp3) is 0.286. The molecule has 2 atom stereocenters. The van der Waals surface area contributed by atoms with Crippen molar-refractivity contribution in [2.24, 2.45) is 11.7 Å². The zero-order valence-corrected chi connectivity index (χ0v) is 10.4. The summed E-state index contributed by atoms with van der Waals surface area (Å²) in [5.74, 6) is -0.401. The Kier molecular flexibility index (Phi) is 3.15. The minimum Gasteiger partial charge on any atom is -0.379 e. The van der Waals surface area contributed by atoms with E-state index in [1.165, 1.54) is 0 Å². The van der Waals surface area contributed by atoms with Gasteiger partial charge >= 0.3 is 0 Å². The van der Waals surface area contributed by atoms with Crippen LogP contribution in [0.3, 0.4) is 0 Å². The van der Waals surface area contributed by atoms with E-state index in [0.717, 1.165) is 10.9 Å². The van der Waals surface area contributed by atoms with E-state index in [9.17, 15) is 4.79 Å². The number of hydrogen-bond acceptors (Lipinski definition) is 4. The minimum atomic E-state index is -0.293. The molecule has 0 spiro atoms. The zero-order chi connectivity index (χ0) is 13.2. The number of carbonyl (C=O) groups excluding carboxylic acids is 1. The Morgan fingerprint density at radius 2 is 2.16 bits per heavy atom. The van der Waals surface area contributed by atoms with Crippen molar-refractivity contribution in [3.8, 4) is 0 Å². The van der Waals surface area contributed by atoms with E-state index in [0.29, 0.717) is 18.9 Å². The average Bonchev–Trinajstić information content (AvgIpc) is 2.85. The average molecular weight is 257 g/mol. The van der Waals surface area contributed by atoms with Crippen LogP contribution < -0.4 is 11.1 Å². The van der Waals surface area contributed by atoms with Gasteiger partial charge in [0.15, 0.2) is 0 Å². The summed E-state index contributed by atoms with van der Waals surface area (Å²) in [7, 11) is 0. The quantitative estimate of drug-likeness (QED) is 0.846. The van der Waals surface area contributed by atoms with Crippen LogP contribution in [0.5, 0.6) is 0 Å².